The van der Waals surface area contributed by atoms with Gasteiger partial charge in [-0.05, 0) is 35.2 Å². The summed E-state index contributed by atoms with van der Waals surface area (Å²) in [7, 11) is -3.53. The Morgan fingerprint density at radius 2 is 2.20 bits per heavy atom. The highest BCUT2D eigenvalue weighted by atomic mass is 79.9. The van der Waals surface area contributed by atoms with E-state index in [0.29, 0.717) is 12.3 Å². The first-order valence-electron chi connectivity index (χ1n) is 6.86. The van der Waals surface area contributed by atoms with Crippen molar-refractivity contribution in [2.75, 3.05) is 6.54 Å². The van der Waals surface area contributed by atoms with E-state index >= 15 is 0 Å². The van der Waals surface area contributed by atoms with E-state index in [1.807, 2.05) is 6.92 Å². The lowest BCUT2D eigenvalue weighted by molar-refractivity contribution is 0.314. The van der Waals surface area contributed by atoms with Crippen molar-refractivity contribution in [3.05, 3.63) is 16.5 Å². The number of halogens is 2. The Kier molecular flexibility index (Phi) is 5.56. The highest BCUT2D eigenvalue weighted by Crippen LogP contribution is 2.32. The van der Waals surface area contributed by atoms with Crippen LogP contribution in [0.1, 0.15) is 44.8 Å². The Balaban J connectivity index is 2.38. The fourth-order valence-corrected chi connectivity index (χ4v) is 5.50. The average molecular weight is 385 g/mol. The molecule has 2 heterocycles. The van der Waals surface area contributed by atoms with Gasteiger partial charge < -0.3 is 4.42 Å². The Bertz CT molecular complexity index is 558. The molecule has 1 aliphatic heterocycles. The molecule has 1 unspecified atom stereocenters. The maximum Gasteiger partial charge on any atom is 0.247 e. The standard InChI is InChI=1S/C13H19BrClNO3S/c1-2-10-6-4-3-5-7-16(10)20(17,18)12-8-11(9-15)19-13(12)14/h8,10H,2-7,9H2,1H3. The number of hydrogen-bond donors (Lipinski definition) is 0. The van der Waals surface area contributed by atoms with Crippen molar-refractivity contribution < 1.29 is 12.8 Å². The molecule has 0 spiro atoms. The first kappa shape index (κ1) is 16.3. The third kappa shape index (κ3) is 3.24. The quantitative estimate of drug-likeness (QED) is 0.734. The molecule has 1 fully saturated rings. The summed E-state index contributed by atoms with van der Waals surface area (Å²) in [5.41, 5.74) is 0. The summed E-state index contributed by atoms with van der Waals surface area (Å²) in [4.78, 5) is 0.188. The number of furan rings is 1. The number of nitrogens with zero attached hydrogens (tertiary/aromatic N) is 1. The highest BCUT2D eigenvalue weighted by Gasteiger charge is 2.34. The Morgan fingerprint density at radius 3 is 2.80 bits per heavy atom. The molecule has 0 bridgehead atoms. The van der Waals surface area contributed by atoms with Crippen molar-refractivity contribution in [3.8, 4) is 0 Å². The fraction of sp³-hybridized carbons (Fsp3) is 0.692. The maximum atomic E-state index is 12.9. The number of sulfonamides is 1. The lowest BCUT2D eigenvalue weighted by Crippen LogP contribution is -2.39. The van der Waals surface area contributed by atoms with Crippen LogP contribution >= 0.6 is 27.5 Å². The molecule has 114 valence electrons. The van der Waals surface area contributed by atoms with Crippen molar-refractivity contribution in [1.82, 2.24) is 4.31 Å². The third-order valence-corrected chi connectivity index (χ3v) is 6.79. The molecular weight excluding hydrogens is 366 g/mol. The van der Waals surface area contributed by atoms with E-state index in [1.54, 1.807) is 4.31 Å². The second-order valence-electron chi connectivity index (χ2n) is 5.01. The summed E-state index contributed by atoms with van der Waals surface area (Å²) in [5.74, 6) is 0.616. The van der Waals surface area contributed by atoms with E-state index in [1.165, 1.54) is 6.07 Å². The van der Waals surface area contributed by atoms with E-state index in [2.05, 4.69) is 15.9 Å². The molecule has 0 aliphatic carbocycles. The first-order chi connectivity index (χ1) is 9.50. The Labute approximate surface area is 133 Å². The first-order valence-corrected chi connectivity index (χ1v) is 9.63. The molecule has 2 rings (SSSR count). The van der Waals surface area contributed by atoms with Gasteiger partial charge in [0.25, 0.3) is 0 Å². The monoisotopic (exact) mass is 383 g/mol. The van der Waals surface area contributed by atoms with Gasteiger partial charge in [-0.3, -0.25) is 0 Å². The van der Waals surface area contributed by atoms with Gasteiger partial charge in [0, 0.05) is 18.7 Å². The van der Waals surface area contributed by atoms with Crippen molar-refractivity contribution in [2.24, 2.45) is 0 Å². The van der Waals surface area contributed by atoms with Gasteiger partial charge in [-0.15, -0.1) is 11.6 Å². The van der Waals surface area contributed by atoms with Crippen LogP contribution in [-0.4, -0.2) is 25.3 Å². The average Bonchev–Trinajstić information content (AvgIpc) is 2.66. The molecular formula is C13H19BrClNO3S. The van der Waals surface area contributed by atoms with Crippen molar-refractivity contribution in [1.29, 1.82) is 0 Å². The van der Waals surface area contributed by atoms with Crippen LogP contribution in [-0.2, 0) is 15.9 Å². The number of rotatable bonds is 4. The molecule has 1 aromatic heterocycles. The second kappa shape index (κ2) is 6.81. The summed E-state index contributed by atoms with van der Waals surface area (Å²) >= 11 is 8.90. The minimum Gasteiger partial charge on any atom is -0.452 e. The third-order valence-electron chi connectivity index (χ3n) is 3.72. The minimum atomic E-state index is -3.53. The second-order valence-corrected chi connectivity index (χ2v) is 7.86. The molecule has 0 radical (unpaired) electrons. The lowest BCUT2D eigenvalue weighted by Gasteiger charge is -2.27. The summed E-state index contributed by atoms with van der Waals surface area (Å²) in [6, 6.07) is 1.59. The topological polar surface area (TPSA) is 50.5 Å². The maximum absolute atomic E-state index is 12.9. The Hall–Kier alpha value is -0.0400. The van der Waals surface area contributed by atoms with Gasteiger partial charge in [-0.25, -0.2) is 8.42 Å². The number of hydrogen-bond acceptors (Lipinski definition) is 3. The van der Waals surface area contributed by atoms with Gasteiger partial charge in [0.2, 0.25) is 10.0 Å². The normalized spacial score (nSPS) is 21.9. The van der Waals surface area contributed by atoms with Crippen LogP contribution in [0.3, 0.4) is 0 Å². The van der Waals surface area contributed by atoms with E-state index in [9.17, 15) is 8.42 Å². The number of alkyl halides is 1. The van der Waals surface area contributed by atoms with Crippen LogP contribution in [0.4, 0.5) is 0 Å². The minimum absolute atomic E-state index is 0.0729. The smallest absolute Gasteiger partial charge is 0.247 e. The van der Waals surface area contributed by atoms with Crippen LogP contribution in [0.25, 0.3) is 0 Å². The molecule has 0 saturated carbocycles. The molecule has 1 aromatic rings. The van der Waals surface area contributed by atoms with Gasteiger partial charge in [0.15, 0.2) is 4.67 Å². The molecule has 20 heavy (non-hydrogen) atoms. The van der Waals surface area contributed by atoms with Crippen molar-refractivity contribution >= 4 is 37.6 Å². The summed E-state index contributed by atoms with van der Waals surface area (Å²) < 4.78 is 32.9. The molecule has 1 atom stereocenters. The van der Waals surface area contributed by atoms with Crippen LogP contribution in [0.5, 0.6) is 0 Å². The van der Waals surface area contributed by atoms with E-state index in [-0.39, 0.29) is 21.5 Å². The molecule has 7 heteroatoms. The van der Waals surface area contributed by atoms with Crippen LogP contribution in [0.15, 0.2) is 20.0 Å². The molecule has 0 N–H and O–H groups in total. The zero-order chi connectivity index (χ0) is 14.8. The summed E-state index contributed by atoms with van der Waals surface area (Å²) in [6.45, 7) is 2.61. The zero-order valence-electron chi connectivity index (χ0n) is 11.4. The van der Waals surface area contributed by atoms with Gasteiger partial charge in [0.1, 0.15) is 10.7 Å². The van der Waals surface area contributed by atoms with Gasteiger partial charge in [0.05, 0.1) is 5.88 Å². The molecule has 1 saturated heterocycles. The van der Waals surface area contributed by atoms with Crippen LogP contribution in [0, 0.1) is 0 Å². The fourth-order valence-electron chi connectivity index (χ4n) is 2.64. The molecule has 0 aromatic carbocycles. The molecule has 1 aliphatic rings. The van der Waals surface area contributed by atoms with Gasteiger partial charge >= 0.3 is 0 Å². The van der Waals surface area contributed by atoms with Crippen molar-refractivity contribution in [3.63, 3.8) is 0 Å². The van der Waals surface area contributed by atoms with Crippen LogP contribution < -0.4 is 0 Å². The highest BCUT2D eigenvalue weighted by molar-refractivity contribution is 9.10. The predicted octanol–water partition coefficient (Wildman–Crippen LogP) is 4.12. The molecule has 4 nitrogen and oxygen atoms in total. The predicted molar refractivity (Wildman–Crippen MR) is 82.4 cm³/mol. The van der Waals surface area contributed by atoms with E-state index in [4.69, 9.17) is 16.0 Å². The SMILES string of the molecule is CCC1CCCCCN1S(=O)(=O)c1cc(CCl)oc1Br. The summed E-state index contributed by atoms with van der Waals surface area (Å²) in [5, 5.41) is 0. The van der Waals surface area contributed by atoms with Gasteiger partial charge in [-0.2, -0.15) is 4.31 Å². The van der Waals surface area contributed by atoms with E-state index in [0.717, 1.165) is 32.1 Å². The van der Waals surface area contributed by atoms with Crippen LogP contribution in [0.2, 0.25) is 0 Å². The lowest BCUT2D eigenvalue weighted by atomic mass is 10.1. The Morgan fingerprint density at radius 1 is 1.45 bits per heavy atom. The van der Waals surface area contributed by atoms with Gasteiger partial charge in [-0.1, -0.05) is 19.8 Å². The molecule has 0 amide bonds. The van der Waals surface area contributed by atoms with E-state index < -0.39 is 10.0 Å². The van der Waals surface area contributed by atoms with Crippen molar-refractivity contribution in [2.45, 2.75) is 55.8 Å². The largest absolute Gasteiger partial charge is 0.452 e. The summed E-state index contributed by atoms with van der Waals surface area (Å²) in [6.07, 6.45) is 4.84. The zero-order valence-corrected chi connectivity index (χ0v) is 14.6.